The highest BCUT2D eigenvalue weighted by molar-refractivity contribution is 8.00. The zero-order valence-electron chi connectivity index (χ0n) is 5.94. The molecule has 0 fully saturated rings. The minimum Gasteiger partial charge on any atom is -0.370 e. The summed E-state index contributed by atoms with van der Waals surface area (Å²) in [5, 5.41) is 9.20. The van der Waals surface area contributed by atoms with Crippen LogP contribution in [0.1, 0.15) is 5.56 Å². The summed E-state index contributed by atoms with van der Waals surface area (Å²) in [5.41, 5.74) is 1.03. The maximum absolute atomic E-state index is 9.20. The second-order valence-corrected chi connectivity index (χ2v) is 4.27. The first-order valence-corrected chi connectivity index (χ1v) is 4.18. The van der Waals surface area contributed by atoms with Gasteiger partial charge in [0.25, 0.3) is 0 Å². The lowest BCUT2D eigenvalue weighted by Crippen LogP contribution is -2.14. The average molecular weight is 186 g/mol. The van der Waals surface area contributed by atoms with Crippen molar-refractivity contribution in [2.45, 2.75) is 10.7 Å². The van der Waals surface area contributed by atoms with Crippen LogP contribution in [0.4, 0.5) is 0 Å². The second-order valence-electron chi connectivity index (χ2n) is 2.44. The van der Waals surface area contributed by atoms with Crippen molar-refractivity contribution in [1.82, 2.24) is 0 Å². The van der Waals surface area contributed by atoms with Crippen LogP contribution in [0.2, 0.25) is 0 Å². The van der Waals surface area contributed by atoms with Gasteiger partial charge in [-0.05, 0) is 5.56 Å². The predicted octanol–water partition coefficient (Wildman–Crippen LogP) is 1.73. The van der Waals surface area contributed by atoms with Crippen molar-refractivity contribution in [3.8, 4) is 0 Å². The van der Waals surface area contributed by atoms with Gasteiger partial charge in [0.1, 0.15) is 0 Å². The molecule has 1 aromatic rings. The standard InChI is InChI=1S/C8H10OS2/c9-8(10,11)6-7-4-2-1-3-5-7/h1-5,9-11H,6H2. The molecule has 0 aliphatic heterocycles. The van der Waals surface area contributed by atoms with E-state index in [0.29, 0.717) is 6.42 Å². The first-order chi connectivity index (χ1) is 5.08. The molecule has 0 spiro atoms. The van der Waals surface area contributed by atoms with Gasteiger partial charge in [0.05, 0.1) is 0 Å². The first-order valence-electron chi connectivity index (χ1n) is 3.29. The maximum Gasteiger partial charge on any atom is 0.155 e. The monoisotopic (exact) mass is 186 g/mol. The normalized spacial score (nSPS) is 11.5. The molecule has 0 atom stereocenters. The van der Waals surface area contributed by atoms with Crippen LogP contribution < -0.4 is 0 Å². The smallest absolute Gasteiger partial charge is 0.155 e. The molecule has 0 aromatic heterocycles. The van der Waals surface area contributed by atoms with Crippen LogP contribution in [0, 0.1) is 0 Å². The molecule has 0 saturated carbocycles. The Morgan fingerprint density at radius 3 is 2.18 bits per heavy atom. The summed E-state index contributed by atoms with van der Waals surface area (Å²) in [6, 6.07) is 9.62. The summed E-state index contributed by atoms with van der Waals surface area (Å²) in [4.78, 5) is 0. The van der Waals surface area contributed by atoms with E-state index < -0.39 is 4.27 Å². The van der Waals surface area contributed by atoms with E-state index in [2.05, 4.69) is 25.3 Å². The third kappa shape index (κ3) is 3.70. The van der Waals surface area contributed by atoms with Crippen LogP contribution in [0.25, 0.3) is 0 Å². The zero-order valence-corrected chi connectivity index (χ0v) is 7.72. The molecule has 60 valence electrons. The Morgan fingerprint density at radius 2 is 1.73 bits per heavy atom. The van der Waals surface area contributed by atoms with Crippen molar-refractivity contribution in [3.63, 3.8) is 0 Å². The van der Waals surface area contributed by atoms with Crippen molar-refractivity contribution in [2.75, 3.05) is 0 Å². The summed E-state index contributed by atoms with van der Waals surface area (Å²) in [7, 11) is 0. The third-order valence-corrected chi connectivity index (χ3v) is 1.60. The van der Waals surface area contributed by atoms with Gasteiger partial charge in [0.2, 0.25) is 0 Å². The van der Waals surface area contributed by atoms with Gasteiger partial charge in [-0.1, -0.05) is 30.3 Å². The third-order valence-electron chi connectivity index (χ3n) is 1.28. The highest BCUT2D eigenvalue weighted by atomic mass is 32.2. The molecule has 1 rings (SSSR count). The Hall–Kier alpha value is -0.120. The van der Waals surface area contributed by atoms with Crippen LogP contribution in [-0.2, 0) is 6.42 Å². The molecule has 0 aliphatic rings. The molecule has 11 heavy (non-hydrogen) atoms. The van der Waals surface area contributed by atoms with Gasteiger partial charge in [-0.3, -0.25) is 0 Å². The zero-order chi connectivity index (χ0) is 8.32. The highest BCUT2D eigenvalue weighted by Crippen LogP contribution is 2.20. The van der Waals surface area contributed by atoms with Crippen molar-refractivity contribution >= 4 is 25.3 Å². The van der Waals surface area contributed by atoms with Crippen molar-refractivity contribution in [1.29, 1.82) is 0 Å². The topological polar surface area (TPSA) is 20.2 Å². The molecule has 1 nitrogen and oxygen atoms in total. The Balaban J connectivity index is 2.66. The molecule has 0 saturated heterocycles. The molecule has 0 amide bonds. The number of rotatable bonds is 2. The van der Waals surface area contributed by atoms with E-state index in [1.807, 2.05) is 30.3 Å². The van der Waals surface area contributed by atoms with E-state index in [9.17, 15) is 5.11 Å². The fourth-order valence-corrected chi connectivity index (χ4v) is 1.23. The van der Waals surface area contributed by atoms with Crippen LogP contribution in [0.3, 0.4) is 0 Å². The minimum atomic E-state index is -1.21. The summed E-state index contributed by atoms with van der Waals surface area (Å²) >= 11 is 7.77. The van der Waals surface area contributed by atoms with Gasteiger partial charge < -0.3 is 5.11 Å². The largest absolute Gasteiger partial charge is 0.370 e. The molecular formula is C8H10OS2. The van der Waals surface area contributed by atoms with Crippen molar-refractivity contribution < 1.29 is 5.11 Å². The molecule has 0 heterocycles. The molecule has 1 N–H and O–H groups in total. The Labute approximate surface area is 77.3 Å². The van der Waals surface area contributed by atoms with E-state index in [-0.39, 0.29) is 0 Å². The van der Waals surface area contributed by atoms with Gasteiger partial charge >= 0.3 is 0 Å². The van der Waals surface area contributed by atoms with E-state index in [0.717, 1.165) is 5.56 Å². The van der Waals surface area contributed by atoms with E-state index in [1.54, 1.807) is 0 Å². The van der Waals surface area contributed by atoms with Crippen LogP contribution in [-0.4, -0.2) is 9.37 Å². The number of aliphatic hydroxyl groups is 1. The lowest BCUT2D eigenvalue weighted by atomic mass is 10.2. The van der Waals surface area contributed by atoms with E-state index in [1.165, 1.54) is 0 Å². The molecule has 0 aliphatic carbocycles. The lowest BCUT2D eigenvalue weighted by molar-refractivity contribution is 0.235. The molecule has 1 aromatic carbocycles. The van der Waals surface area contributed by atoms with Crippen molar-refractivity contribution in [2.24, 2.45) is 0 Å². The number of thiol groups is 2. The average Bonchev–Trinajstić information content (AvgIpc) is 1.85. The second kappa shape index (κ2) is 3.52. The summed E-state index contributed by atoms with van der Waals surface area (Å²) < 4.78 is -1.21. The molecular weight excluding hydrogens is 176 g/mol. The Kier molecular flexibility index (Phi) is 2.87. The van der Waals surface area contributed by atoms with Gasteiger partial charge in [-0.25, -0.2) is 0 Å². The Bertz CT molecular complexity index is 215. The minimum absolute atomic E-state index is 0.445. The molecule has 3 heteroatoms. The van der Waals surface area contributed by atoms with Crippen molar-refractivity contribution in [3.05, 3.63) is 35.9 Å². The molecule has 0 radical (unpaired) electrons. The fourth-order valence-electron chi connectivity index (χ4n) is 0.870. The Morgan fingerprint density at radius 1 is 1.18 bits per heavy atom. The molecule has 0 bridgehead atoms. The van der Waals surface area contributed by atoms with E-state index in [4.69, 9.17) is 0 Å². The summed E-state index contributed by atoms with van der Waals surface area (Å²) in [6.07, 6.45) is 0.445. The number of hydrogen-bond donors (Lipinski definition) is 3. The SMILES string of the molecule is OC(S)(S)Cc1ccccc1. The summed E-state index contributed by atoms with van der Waals surface area (Å²) in [5.74, 6) is 0. The van der Waals surface area contributed by atoms with Crippen LogP contribution in [0.5, 0.6) is 0 Å². The first kappa shape index (κ1) is 8.97. The van der Waals surface area contributed by atoms with Gasteiger partial charge in [0, 0.05) is 6.42 Å². The maximum atomic E-state index is 9.20. The highest BCUT2D eigenvalue weighted by Gasteiger charge is 2.14. The van der Waals surface area contributed by atoms with E-state index >= 15 is 0 Å². The number of hydrogen-bond acceptors (Lipinski definition) is 3. The van der Waals surface area contributed by atoms with Gasteiger partial charge in [-0.2, -0.15) is 0 Å². The number of benzene rings is 1. The quantitative estimate of drug-likeness (QED) is 0.474. The lowest BCUT2D eigenvalue weighted by Gasteiger charge is -2.14. The fraction of sp³-hybridized carbons (Fsp3) is 0.250. The van der Waals surface area contributed by atoms with Gasteiger partial charge in [0.15, 0.2) is 4.27 Å². The van der Waals surface area contributed by atoms with Crippen LogP contribution >= 0.6 is 25.3 Å². The van der Waals surface area contributed by atoms with Gasteiger partial charge in [-0.15, -0.1) is 25.3 Å². The van der Waals surface area contributed by atoms with Crippen LogP contribution in [0.15, 0.2) is 30.3 Å². The summed E-state index contributed by atoms with van der Waals surface area (Å²) in [6.45, 7) is 0. The predicted molar refractivity (Wildman–Crippen MR) is 53.1 cm³/mol. The molecule has 0 unspecified atom stereocenters.